The fourth-order valence-electron chi connectivity index (χ4n) is 2.70. The van der Waals surface area contributed by atoms with Gasteiger partial charge in [0.15, 0.2) is 6.61 Å². The lowest BCUT2D eigenvalue weighted by molar-refractivity contribution is -0.139. The third-order valence-electron chi connectivity index (χ3n) is 4.01. The number of hydrogen-bond acceptors (Lipinski definition) is 4. The fraction of sp³-hybridized carbons (Fsp3) is 0.333. The second-order valence-corrected chi connectivity index (χ2v) is 6.26. The first-order chi connectivity index (χ1) is 12.9. The lowest BCUT2D eigenvalue weighted by Gasteiger charge is -2.13. The Morgan fingerprint density at radius 1 is 1.04 bits per heavy atom. The average molecular weight is 371 g/mol. The Hall–Kier alpha value is -2.86. The van der Waals surface area contributed by atoms with Crippen molar-refractivity contribution in [3.05, 3.63) is 64.2 Å². The molecule has 0 radical (unpaired) electrons. The first kappa shape index (κ1) is 20.5. The minimum atomic E-state index is -1.04. The van der Waals surface area contributed by atoms with E-state index in [9.17, 15) is 9.59 Å². The van der Waals surface area contributed by atoms with Crippen LogP contribution in [0.5, 0.6) is 5.75 Å². The van der Waals surface area contributed by atoms with Gasteiger partial charge in [0.1, 0.15) is 5.75 Å². The van der Waals surface area contributed by atoms with Crippen LogP contribution in [0.25, 0.3) is 0 Å². The quantitative estimate of drug-likeness (QED) is 0.707. The number of carboxylic acid groups (broad SMARTS) is 1. The van der Waals surface area contributed by atoms with E-state index in [0.29, 0.717) is 31.1 Å². The van der Waals surface area contributed by atoms with E-state index < -0.39 is 12.6 Å². The van der Waals surface area contributed by atoms with Gasteiger partial charge < -0.3 is 19.9 Å². The van der Waals surface area contributed by atoms with E-state index in [1.807, 2.05) is 31.2 Å². The van der Waals surface area contributed by atoms with Gasteiger partial charge in [-0.25, -0.2) is 4.79 Å². The summed E-state index contributed by atoms with van der Waals surface area (Å²) < 4.78 is 10.7. The number of carboxylic acids is 1. The predicted octanol–water partition coefficient (Wildman–Crippen LogP) is 3.23. The topological polar surface area (TPSA) is 84.9 Å². The lowest BCUT2D eigenvalue weighted by Crippen LogP contribution is -2.23. The van der Waals surface area contributed by atoms with Crippen molar-refractivity contribution in [2.75, 3.05) is 13.2 Å². The molecule has 144 valence electrons. The molecule has 27 heavy (non-hydrogen) atoms. The molecule has 2 N–H and O–H groups in total. The highest BCUT2D eigenvalue weighted by Crippen LogP contribution is 2.25. The molecule has 0 heterocycles. The Morgan fingerprint density at radius 3 is 2.19 bits per heavy atom. The zero-order valence-electron chi connectivity index (χ0n) is 15.9. The van der Waals surface area contributed by atoms with Gasteiger partial charge in [0, 0.05) is 18.7 Å². The first-order valence-electron chi connectivity index (χ1n) is 8.80. The molecule has 0 aliphatic heterocycles. The van der Waals surface area contributed by atoms with Crippen LogP contribution in [-0.2, 0) is 22.7 Å². The molecular formula is C21H25NO5. The number of ether oxygens (including phenoxy) is 2. The number of amides is 1. The van der Waals surface area contributed by atoms with E-state index in [-0.39, 0.29) is 5.91 Å². The van der Waals surface area contributed by atoms with Gasteiger partial charge in [0.25, 0.3) is 5.91 Å². The molecule has 1 amide bonds. The highest BCUT2D eigenvalue weighted by Gasteiger charge is 2.12. The number of hydrogen-bond donors (Lipinski definition) is 2. The van der Waals surface area contributed by atoms with Crippen LogP contribution in [0.15, 0.2) is 36.4 Å². The summed E-state index contributed by atoms with van der Waals surface area (Å²) in [5.74, 6) is -0.730. The van der Waals surface area contributed by atoms with E-state index in [2.05, 4.69) is 5.32 Å². The summed E-state index contributed by atoms with van der Waals surface area (Å²) in [5, 5.41) is 11.6. The number of carbonyl (C=O) groups excluding carboxylic acids is 1. The Kier molecular flexibility index (Phi) is 7.37. The highest BCUT2D eigenvalue weighted by molar-refractivity contribution is 5.94. The molecule has 0 aromatic heterocycles. The normalized spacial score (nSPS) is 10.5. The minimum absolute atomic E-state index is 0.190. The van der Waals surface area contributed by atoms with Gasteiger partial charge in [0.05, 0.1) is 6.61 Å². The molecule has 2 aromatic rings. The summed E-state index contributed by atoms with van der Waals surface area (Å²) in [6.07, 6.45) is 0. The number of aliphatic carboxylic acids is 1. The van der Waals surface area contributed by atoms with Crippen LogP contribution in [0.2, 0.25) is 0 Å². The van der Waals surface area contributed by atoms with E-state index >= 15 is 0 Å². The minimum Gasteiger partial charge on any atom is -0.481 e. The molecule has 0 fully saturated rings. The van der Waals surface area contributed by atoms with E-state index in [1.165, 1.54) is 0 Å². The van der Waals surface area contributed by atoms with Gasteiger partial charge in [-0.3, -0.25) is 4.79 Å². The van der Waals surface area contributed by atoms with E-state index in [4.69, 9.17) is 14.6 Å². The maximum absolute atomic E-state index is 12.4. The largest absolute Gasteiger partial charge is 0.481 e. The van der Waals surface area contributed by atoms with Gasteiger partial charge in [-0.1, -0.05) is 24.3 Å². The van der Waals surface area contributed by atoms with Gasteiger partial charge in [-0.05, 0) is 55.2 Å². The van der Waals surface area contributed by atoms with Crippen molar-refractivity contribution in [2.45, 2.75) is 33.9 Å². The standard InChI is InChI=1S/C21H25NO5/c1-4-26-12-17-7-5-16(6-8-17)11-22-21(25)18-9-14(2)20(15(3)10-18)27-13-19(23)24/h5-10H,4,11-13H2,1-3H3,(H,22,25)(H,23,24). The zero-order valence-corrected chi connectivity index (χ0v) is 15.9. The van der Waals surface area contributed by atoms with Crippen LogP contribution < -0.4 is 10.1 Å². The van der Waals surface area contributed by atoms with Crippen LogP contribution in [0.1, 0.15) is 39.5 Å². The molecule has 6 heteroatoms. The highest BCUT2D eigenvalue weighted by atomic mass is 16.5. The summed E-state index contributed by atoms with van der Waals surface area (Å²) in [5.41, 5.74) is 4.05. The average Bonchev–Trinajstić information content (AvgIpc) is 2.64. The lowest BCUT2D eigenvalue weighted by atomic mass is 10.0. The van der Waals surface area contributed by atoms with Crippen LogP contribution in [0.3, 0.4) is 0 Å². The van der Waals surface area contributed by atoms with Gasteiger partial charge in [-0.2, -0.15) is 0 Å². The Morgan fingerprint density at radius 2 is 1.63 bits per heavy atom. The fourth-order valence-corrected chi connectivity index (χ4v) is 2.70. The Bertz CT molecular complexity index is 776. The third-order valence-corrected chi connectivity index (χ3v) is 4.01. The predicted molar refractivity (Wildman–Crippen MR) is 102 cm³/mol. The molecule has 0 bridgehead atoms. The van der Waals surface area contributed by atoms with Crippen molar-refractivity contribution in [1.82, 2.24) is 5.32 Å². The second-order valence-electron chi connectivity index (χ2n) is 6.26. The van der Waals surface area contributed by atoms with Gasteiger partial charge in [0.2, 0.25) is 0 Å². The van der Waals surface area contributed by atoms with Crippen molar-refractivity contribution in [1.29, 1.82) is 0 Å². The van der Waals surface area contributed by atoms with Gasteiger partial charge in [-0.15, -0.1) is 0 Å². The van der Waals surface area contributed by atoms with Crippen LogP contribution >= 0.6 is 0 Å². The summed E-state index contributed by atoms with van der Waals surface area (Å²) in [4.78, 5) is 23.1. The number of benzene rings is 2. The number of aryl methyl sites for hydroxylation is 2. The van der Waals surface area contributed by atoms with E-state index in [1.54, 1.807) is 26.0 Å². The van der Waals surface area contributed by atoms with Crippen LogP contribution in [-0.4, -0.2) is 30.2 Å². The Balaban J connectivity index is 1.98. The molecule has 0 unspecified atom stereocenters. The van der Waals surface area contributed by atoms with Crippen LogP contribution in [0, 0.1) is 13.8 Å². The molecule has 0 aliphatic rings. The maximum Gasteiger partial charge on any atom is 0.341 e. The third kappa shape index (κ3) is 6.11. The van der Waals surface area contributed by atoms with Crippen molar-refractivity contribution in [2.24, 2.45) is 0 Å². The molecular weight excluding hydrogens is 346 g/mol. The summed E-state index contributed by atoms with van der Waals surface area (Å²) in [6, 6.07) is 11.3. The molecule has 0 aliphatic carbocycles. The van der Waals surface area contributed by atoms with Crippen LogP contribution in [0.4, 0.5) is 0 Å². The van der Waals surface area contributed by atoms with Crippen molar-refractivity contribution < 1.29 is 24.2 Å². The smallest absolute Gasteiger partial charge is 0.341 e. The molecule has 2 rings (SSSR count). The molecule has 0 spiro atoms. The number of nitrogens with one attached hydrogen (secondary N) is 1. The summed E-state index contributed by atoms with van der Waals surface area (Å²) in [6.45, 7) is 6.80. The van der Waals surface area contributed by atoms with Gasteiger partial charge >= 0.3 is 5.97 Å². The van der Waals surface area contributed by atoms with E-state index in [0.717, 1.165) is 22.3 Å². The summed E-state index contributed by atoms with van der Waals surface area (Å²) >= 11 is 0. The number of rotatable bonds is 9. The van der Waals surface area contributed by atoms with Crippen molar-refractivity contribution in [3.63, 3.8) is 0 Å². The van der Waals surface area contributed by atoms with Crippen molar-refractivity contribution in [3.8, 4) is 5.75 Å². The monoisotopic (exact) mass is 371 g/mol. The van der Waals surface area contributed by atoms with Crippen molar-refractivity contribution >= 4 is 11.9 Å². The summed E-state index contributed by atoms with van der Waals surface area (Å²) in [7, 11) is 0. The SMILES string of the molecule is CCOCc1ccc(CNC(=O)c2cc(C)c(OCC(=O)O)c(C)c2)cc1. The molecule has 6 nitrogen and oxygen atoms in total. The Labute approximate surface area is 159 Å². The second kappa shape index (κ2) is 9.73. The molecule has 0 atom stereocenters. The maximum atomic E-state index is 12.4. The molecule has 2 aromatic carbocycles. The number of carbonyl (C=O) groups is 2. The molecule has 0 saturated carbocycles. The first-order valence-corrected chi connectivity index (χ1v) is 8.80. The zero-order chi connectivity index (χ0) is 19.8. The molecule has 0 saturated heterocycles.